The van der Waals surface area contributed by atoms with E-state index in [0.717, 1.165) is 12.0 Å². The first kappa shape index (κ1) is 20.6. The molecule has 0 aromatic heterocycles. The third kappa shape index (κ3) is 9.52. The first-order valence-electron chi connectivity index (χ1n) is 7.10. The first-order chi connectivity index (χ1) is 9.83. The summed E-state index contributed by atoms with van der Waals surface area (Å²) < 4.78 is 30.4. The number of aliphatic carboxylic acids is 1. The molecule has 2 N–H and O–H groups in total. The summed E-state index contributed by atoms with van der Waals surface area (Å²) in [6, 6.07) is 5.42. The van der Waals surface area contributed by atoms with E-state index in [1.807, 2.05) is 0 Å². The molecule has 0 saturated heterocycles. The zero-order valence-electron chi connectivity index (χ0n) is 13.8. The number of carboxylic acids is 1. The van der Waals surface area contributed by atoms with Gasteiger partial charge in [0, 0.05) is 0 Å². The van der Waals surface area contributed by atoms with Crippen molar-refractivity contribution in [3.05, 3.63) is 29.8 Å². The van der Waals surface area contributed by atoms with Crippen molar-refractivity contribution in [2.75, 3.05) is 0 Å². The highest BCUT2D eigenvalue weighted by atomic mass is 32.2. The van der Waals surface area contributed by atoms with Crippen molar-refractivity contribution in [2.45, 2.75) is 52.4 Å². The molecular formula is C16H26O5S. The summed E-state index contributed by atoms with van der Waals surface area (Å²) in [4.78, 5) is 10.0. The lowest BCUT2D eigenvalue weighted by molar-refractivity contribution is -0.136. The molecule has 0 radical (unpaired) electrons. The van der Waals surface area contributed by atoms with Crippen LogP contribution < -0.4 is 0 Å². The Morgan fingerprint density at radius 1 is 1.18 bits per heavy atom. The molecule has 0 heterocycles. The van der Waals surface area contributed by atoms with Crippen molar-refractivity contribution in [1.82, 2.24) is 0 Å². The highest BCUT2D eigenvalue weighted by molar-refractivity contribution is 7.85. The number of benzene rings is 1. The lowest BCUT2D eigenvalue weighted by atomic mass is 9.86. The fourth-order valence-corrected chi connectivity index (χ4v) is 3.01. The van der Waals surface area contributed by atoms with Gasteiger partial charge in [0.2, 0.25) is 0 Å². The van der Waals surface area contributed by atoms with E-state index in [0.29, 0.717) is 5.41 Å². The van der Waals surface area contributed by atoms with Crippen LogP contribution in [-0.2, 0) is 21.3 Å². The van der Waals surface area contributed by atoms with E-state index in [-0.39, 0.29) is 10.5 Å². The van der Waals surface area contributed by atoms with Gasteiger partial charge in [0.15, 0.2) is 0 Å². The van der Waals surface area contributed by atoms with Crippen LogP contribution in [0.2, 0.25) is 0 Å². The van der Waals surface area contributed by atoms with Crippen LogP contribution in [0.15, 0.2) is 29.2 Å². The molecule has 0 aliphatic rings. The van der Waals surface area contributed by atoms with Crippen molar-refractivity contribution in [3.8, 4) is 0 Å². The average Bonchev–Trinajstić information content (AvgIpc) is 2.24. The Morgan fingerprint density at radius 2 is 1.68 bits per heavy atom. The van der Waals surface area contributed by atoms with Gasteiger partial charge in [0.1, 0.15) is 0 Å². The van der Waals surface area contributed by atoms with E-state index >= 15 is 0 Å². The molecule has 0 saturated carbocycles. The van der Waals surface area contributed by atoms with E-state index in [4.69, 9.17) is 9.66 Å². The summed E-state index contributed by atoms with van der Waals surface area (Å²) in [5.74, 6) is -0.309. The summed E-state index contributed by atoms with van der Waals surface area (Å²) in [6.45, 7) is 11.4. The molecule has 0 atom stereocenters. The molecule has 1 aromatic carbocycles. The second-order valence-corrected chi connectivity index (χ2v) is 8.20. The molecule has 126 valence electrons. The standard InChI is InChI=1S/C8H8O5S.C8H18/c9-8(10)5-6-3-1-2-4-7(6)14(11,12)13;1-7(2)6-8(3,4)5/h1-4H,5H2,(H,9,10)(H,11,12,13);7H,6H2,1-5H3. The quantitative estimate of drug-likeness (QED) is 0.822. The molecule has 0 aliphatic carbocycles. The fourth-order valence-electron chi connectivity index (χ4n) is 2.29. The van der Waals surface area contributed by atoms with E-state index < -0.39 is 22.5 Å². The van der Waals surface area contributed by atoms with Crippen LogP contribution in [0.5, 0.6) is 0 Å². The third-order valence-electron chi connectivity index (χ3n) is 2.61. The summed E-state index contributed by atoms with van der Waals surface area (Å²) >= 11 is 0. The zero-order valence-corrected chi connectivity index (χ0v) is 14.6. The largest absolute Gasteiger partial charge is 0.481 e. The van der Waals surface area contributed by atoms with Crippen LogP contribution >= 0.6 is 0 Å². The monoisotopic (exact) mass is 330 g/mol. The highest BCUT2D eigenvalue weighted by Crippen LogP contribution is 2.23. The minimum absolute atomic E-state index is 0.0718. The zero-order chi connectivity index (χ0) is 17.6. The maximum absolute atomic E-state index is 10.8. The smallest absolute Gasteiger partial charge is 0.307 e. The molecule has 0 spiro atoms. The molecule has 5 nitrogen and oxygen atoms in total. The molecule has 0 bridgehead atoms. The van der Waals surface area contributed by atoms with Crippen molar-refractivity contribution < 1.29 is 22.9 Å². The Morgan fingerprint density at radius 3 is 2.00 bits per heavy atom. The molecular weight excluding hydrogens is 304 g/mol. The molecule has 0 amide bonds. The predicted octanol–water partition coefficient (Wildman–Crippen LogP) is 3.64. The maximum atomic E-state index is 10.8. The summed E-state index contributed by atoms with van der Waals surface area (Å²) in [5.41, 5.74) is 0.594. The van der Waals surface area contributed by atoms with Gasteiger partial charge in [0.05, 0.1) is 11.3 Å². The van der Waals surface area contributed by atoms with Gasteiger partial charge >= 0.3 is 5.97 Å². The molecule has 6 heteroatoms. The van der Waals surface area contributed by atoms with Gasteiger partial charge in [-0.1, -0.05) is 52.8 Å². The number of carboxylic acid groups (broad SMARTS) is 1. The Bertz CT molecular complexity index is 583. The van der Waals surface area contributed by atoms with Gasteiger partial charge in [-0.2, -0.15) is 8.42 Å². The molecule has 1 rings (SSSR count). The van der Waals surface area contributed by atoms with E-state index in [1.165, 1.54) is 24.6 Å². The van der Waals surface area contributed by atoms with Crippen LogP contribution in [0.4, 0.5) is 0 Å². The van der Waals surface area contributed by atoms with Gasteiger partial charge in [-0.3, -0.25) is 9.35 Å². The Labute approximate surface area is 133 Å². The normalized spacial score (nSPS) is 11.8. The summed E-state index contributed by atoms with van der Waals surface area (Å²) in [5, 5.41) is 8.48. The predicted molar refractivity (Wildman–Crippen MR) is 86.5 cm³/mol. The lowest BCUT2D eigenvalue weighted by Crippen LogP contribution is -2.08. The molecule has 22 heavy (non-hydrogen) atoms. The summed E-state index contributed by atoms with van der Waals surface area (Å²) in [7, 11) is -4.34. The van der Waals surface area contributed by atoms with Crippen molar-refractivity contribution in [2.24, 2.45) is 11.3 Å². The van der Waals surface area contributed by atoms with Gasteiger partial charge in [0.25, 0.3) is 10.1 Å². The fraction of sp³-hybridized carbons (Fsp3) is 0.562. The van der Waals surface area contributed by atoms with Gasteiger partial charge in [-0.05, 0) is 29.4 Å². The topological polar surface area (TPSA) is 91.7 Å². The van der Waals surface area contributed by atoms with Crippen LogP contribution in [0.1, 0.15) is 46.6 Å². The molecule has 0 unspecified atom stereocenters. The average molecular weight is 330 g/mol. The van der Waals surface area contributed by atoms with Crippen LogP contribution in [-0.4, -0.2) is 24.0 Å². The number of hydrogen-bond acceptors (Lipinski definition) is 3. The Kier molecular flexibility index (Phi) is 7.76. The maximum Gasteiger partial charge on any atom is 0.307 e. The first-order valence-corrected chi connectivity index (χ1v) is 8.54. The van der Waals surface area contributed by atoms with Crippen LogP contribution in [0.25, 0.3) is 0 Å². The second-order valence-electron chi connectivity index (χ2n) is 6.81. The van der Waals surface area contributed by atoms with Crippen LogP contribution in [0, 0.1) is 11.3 Å². The number of rotatable bonds is 4. The van der Waals surface area contributed by atoms with E-state index in [2.05, 4.69) is 34.6 Å². The Balaban J connectivity index is 0.000000472. The lowest BCUT2D eigenvalue weighted by Gasteiger charge is -2.19. The number of hydrogen-bond donors (Lipinski definition) is 2. The Hall–Kier alpha value is -1.40. The van der Waals surface area contributed by atoms with Crippen molar-refractivity contribution >= 4 is 16.1 Å². The van der Waals surface area contributed by atoms with Crippen LogP contribution in [0.3, 0.4) is 0 Å². The van der Waals surface area contributed by atoms with Gasteiger partial charge in [-0.15, -0.1) is 0 Å². The minimum atomic E-state index is -4.34. The van der Waals surface area contributed by atoms with E-state index in [1.54, 1.807) is 0 Å². The van der Waals surface area contributed by atoms with Crippen molar-refractivity contribution in [1.29, 1.82) is 0 Å². The highest BCUT2D eigenvalue weighted by Gasteiger charge is 2.16. The second kappa shape index (κ2) is 8.29. The third-order valence-corrected chi connectivity index (χ3v) is 3.57. The number of carbonyl (C=O) groups is 1. The SMILES string of the molecule is CC(C)CC(C)(C)C.O=C(O)Cc1ccccc1S(=O)(=O)O. The minimum Gasteiger partial charge on any atom is -0.481 e. The van der Waals surface area contributed by atoms with Gasteiger partial charge < -0.3 is 5.11 Å². The summed E-state index contributed by atoms with van der Waals surface area (Å²) in [6.07, 6.45) is 0.892. The van der Waals surface area contributed by atoms with E-state index in [9.17, 15) is 13.2 Å². The molecule has 1 aromatic rings. The molecule has 0 fully saturated rings. The van der Waals surface area contributed by atoms with Gasteiger partial charge in [-0.25, -0.2) is 0 Å². The molecule has 0 aliphatic heterocycles. The van der Waals surface area contributed by atoms with Crippen molar-refractivity contribution in [3.63, 3.8) is 0 Å².